The summed E-state index contributed by atoms with van der Waals surface area (Å²) in [6, 6.07) is 3.49. The minimum absolute atomic E-state index is 0. The zero-order valence-electron chi connectivity index (χ0n) is 9.11. The zero-order valence-corrected chi connectivity index (χ0v) is 10.6. The number of aromatic nitrogens is 3. The Balaban J connectivity index is 0.00000162. The Bertz CT molecular complexity index is 665. The summed E-state index contributed by atoms with van der Waals surface area (Å²) in [5.74, 6) is 0. The molecular weight excluding hydrogens is 279 g/mol. The van der Waals surface area contributed by atoms with E-state index in [4.69, 9.17) is 17.3 Å². The number of hydrogen-bond acceptors (Lipinski definition) is 3. The van der Waals surface area contributed by atoms with Crippen LogP contribution in [0, 0.1) is 0 Å². The molecule has 0 radical (unpaired) electrons. The minimum atomic E-state index is -0.602. The van der Waals surface area contributed by atoms with E-state index in [2.05, 4.69) is 4.98 Å². The molecule has 0 spiro atoms. The lowest BCUT2D eigenvalue weighted by atomic mass is 10.3. The highest BCUT2D eigenvalue weighted by Crippen LogP contribution is 2.04. The lowest BCUT2D eigenvalue weighted by molar-refractivity contribution is -0.688. The van der Waals surface area contributed by atoms with E-state index in [1.54, 1.807) is 29.1 Å². The van der Waals surface area contributed by atoms with Gasteiger partial charge in [-0.15, -0.1) is 0 Å². The highest BCUT2D eigenvalue weighted by molar-refractivity contribution is 6.30. The van der Waals surface area contributed by atoms with Crippen LogP contribution in [0.25, 0.3) is 0 Å². The van der Waals surface area contributed by atoms with Crippen molar-refractivity contribution < 1.29 is 17.0 Å². The molecule has 0 unspecified atom stereocenters. The second-order valence-electron chi connectivity index (χ2n) is 3.51. The average Bonchev–Trinajstić information content (AvgIpc) is 2.25. The number of anilines is 1. The number of rotatable bonds is 2. The fourth-order valence-corrected chi connectivity index (χ4v) is 1.60. The molecule has 2 aromatic rings. The number of hydrogen-bond donors (Lipinski definition) is 3. The maximum absolute atomic E-state index is 11.3. The van der Waals surface area contributed by atoms with Gasteiger partial charge in [-0.2, -0.15) is 4.57 Å². The van der Waals surface area contributed by atoms with Crippen molar-refractivity contribution in [1.29, 1.82) is 0 Å². The van der Waals surface area contributed by atoms with Crippen molar-refractivity contribution in [3.8, 4) is 0 Å². The van der Waals surface area contributed by atoms with E-state index in [9.17, 15) is 9.59 Å². The standard InChI is InChI=1S/C10H9ClN4O2.ClH/c11-8-7(13-10(17)14-9(8)16)5-15-3-1-2-6(12)4-15;/h1-4H,5,12H2,(H-,13,14,16,17);1H. The fourth-order valence-electron chi connectivity index (χ4n) is 1.45. The molecule has 0 saturated carbocycles. The monoisotopic (exact) mass is 288 g/mol. The molecule has 18 heavy (non-hydrogen) atoms. The van der Waals surface area contributed by atoms with Gasteiger partial charge in [0, 0.05) is 6.07 Å². The third kappa shape index (κ3) is 3.12. The zero-order chi connectivity index (χ0) is 12.4. The Kier molecular flexibility index (Phi) is 4.52. The first-order chi connectivity index (χ1) is 8.06. The number of halogens is 2. The van der Waals surface area contributed by atoms with Crippen LogP contribution in [0.5, 0.6) is 0 Å². The number of H-pyrrole nitrogens is 2. The molecule has 0 aliphatic heterocycles. The van der Waals surface area contributed by atoms with E-state index in [0.29, 0.717) is 11.4 Å². The van der Waals surface area contributed by atoms with Crippen LogP contribution >= 0.6 is 11.6 Å². The van der Waals surface area contributed by atoms with Gasteiger partial charge in [-0.25, -0.2) is 4.79 Å². The molecule has 0 amide bonds. The van der Waals surface area contributed by atoms with Crippen LogP contribution in [0.1, 0.15) is 5.69 Å². The number of nitrogens with zero attached hydrogens (tertiary/aromatic N) is 1. The first-order valence-corrected chi connectivity index (χ1v) is 5.19. The summed E-state index contributed by atoms with van der Waals surface area (Å²) in [5, 5.41) is -0.0282. The van der Waals surface area contributed by atoms with Crippen molar-refractivity contribution in [2.24, 2.45) is 0 Å². The van der Waals surface area contributed by atoms with Crippen molar-refractivity contribution >= 4 is 17.3 Å². The highest BCUT2D eigenvalue weighted by Gasteiger charge is 2.11. The van der Waals surface area contributed by atoms with Gasteiger partial charge < -0.3 is 23.1 Å². The van der Waals surface area contributed by atoms with Crippen LogP contribution in [0.15, 0.2) is 34.1 Å². The van der Waals surface area contributed by atoms with Crippen LogP contribution in [0.4, 0.5) is 5.69 Å². The summed E-state index contributed by atoms with van der Waals surface area (Å²) in [7, 11) is 0. The molecule has 0 aliphatic rings. The number of nitrogen functional groups attached to an aromatic ring is 1. The van der Waals surface area contributed by atoms with Crippen molar-refractivity contribution in [3.63, 3.8) is 0 Å². The van der Waals surface area contributed by atoms with E-state index in [1.807, 2.05) is 4.98 Å². The summed E-state index contributed by atoms with van der Waals surface area (Å²) >= 11 is 5.80. The van der Waals surface area contributed by atoms with Crippen LogP contribution in [0.3, 0.4) is 0 Å². The third-order valence-electron chi connectivity index (χ3n) is 2.18. The van der Waals surface area contributed by atoms with E-state index in [0.717, 1.165) is 0 Å². The van der Waals surface area contributed by atoms with Crippen molar-refractivity contribution in [1.82, 2.24) is 9.97 Å². The molecule has 6 nitrogen and oxygen atoms in total. The Labute approximate surface area is 113 Å². The Hall–Kier alpha value is -1.79. The smallest absolute Gasteiger partial charge is 0.326 e. The molecule has 4 N–H and O–H groups in total. The van der Waals surface area contributed by atoms with Gasteiger partial charge in [0.1, 0.15) is 10.7 Å². The van der Waals surface area contributed by atoms with E-state index in [-0.39, 0.29) is 24.0 Å². The number of nitrogens with one attached hydrogen (secondary N) is 2. The SMILES string of the molecule is Nc1ccc[n+](Cc2[nH]c(=O)[nH]c(=O)c2Cl)c1.[Cl-]. The molecule has 0 bridgehead atoms. The lowest BCUT2D eigenvalue weighted by Gasteiger charge is -2.00. The van der Waals surface area contributed by atoms with Crippen LogP contribution in [0.2, 0.25) is 5.02 Å². The Morgan fingerprint density at radius 3 is 2.72 bits per heavy atom. The summed E-state index contributed by atoms with van der Waals surface area (Å²) in [6.45, 7) is 0.267. The first kappa shape index (κ1) is 14.3. The summed E-state index contributed by atoms with van der Waals surface area (Å²) in [6.07, 6.45) is 3.43. The average molecular weight is 289 g/mol. The molecular formula is C10H10Cl2N4O2. The van der Waals surface area contributed by atoms with E-state index >= 15 is 0 Å². The molecule has 2 heterocycles. The molecule has 2 aromatic heterocycles. The minimum Gasteiger partial charge on any atom is -1.00 e. The summed E-state index contributed by atoms with van der Waals surface area (Å²) < 4.78 is 1.71. The van der Waals surface area contributed by atoms with Gasteiger partial charge in [-0.05, 0) is 6.07 Å². The molecule has 0 aromatic carbocycles. The number of aromatic amines is 2. The summed E-state index contributed by atoms with van der Waals surface area (Å²) in [4.78, 5) is 26.9. The van der Waals surface area contributed by atoms with Gasteiger partial charge in [-0.3, -0.25) is 9.78 Å². The second kappa shape index (κ2) is 5.70. The van der Waals surface area contributed by atoms with Crippen LogP contribution in [-0.2, 0) is 6.54 Å². The Morgan fingerprint density at radius 2 is 2.06 bits per heavy atom. The molecule has 96 valence electrons. The normalized spacial score (nSPS) is 9.83. The van der Waals surface area contributed by atoms with Crippen molar-refractivity contribution in [2.45, 2.75) is 6.54 Å². The lowest BCUT2D eigenvalue weighted by Crippen LogP contribution is -3.00. The predicted molar refractivity (Wildman–Crippen MR) is 62.8 cm³/mol. The maximum Gasteiger partial charge on any atom is 0.326 e. The largest absolute Gasteiger partial charge is 1.00 e. The highest BCUT2D eigenvalue weighted by atomic mass is 35.5. The van der Waals surface area contributed by atoms with Crippen molar-refractivity contribution in [3.05, 3.63) is 56.1 Å². The maximum atomic E-state index is 11.3. The third-order valence-corrected chi connectivity index (χ3v) is 2.58. The molecule has 8 heteroatoms. The van der Waals surface area contributed by atoms with Crippen LogP contribution < -0.4 is 34.0 Å². The fraction of sp³-hybridized carbons (Fsp3) is 0.100. The molecule has 0 saturated heterocycles. The van der Waals surface area contributed by atoms with Gasteiger partial charge in [0.25, 0.3) is 5.56 Å². The van der Waals surface area contributed by atoms with Crippen molar-refractivity contribution in [2.75, 3.05) is 5.73 Å². The molecule has 0 atom stereocenters. The summed E-state index contributed by atoms with van der Waals surface area (Å²) in [5.41, 5.74) is 5.35. The molecule has 0 aliphatic carbocycles. The van der Waals surface area contributed by atoms with Gasteiger partial charge >= 0.3 is 5.69 Å². The van der Waals surface area contributed by atoms with Crippen LogP contribution in [-0.4, -0.2) is 9.97 Å². The van der Waals surface area contributed by atoms with Gasteiger partial charge in [0.2, 0.25) is 0 Å². The Morgan fingerprint density at radius 1 is 1.33 bits per heavy atom. The predicted octanol–water partition coefficient (Wildman–Crippen LogP) is -3.36. The quantitative estimate of drug-likeness (QED) is 0.504. The second-order valence-corrected chi connectivity index (χ2v) is 3.89. The van der Waals surface area contributed by atoms with Gasteiger partial charge in [-0.1, -0.05) is 11.6 Å². The topological polar surface area (TPSA) is 95.6 Å². The van der Waals surface area contributed by atoms with Gasteiger partial charge in [0.15, 0.2) is 18.9 Å². The molecule has 2 rings (SSSR count). The molecule has 0 fully saturated rings. The van der Waals surface area contributed by atoms with Gasteiger partial charge in [0.05, 0.1) is 5.69 Å². The van der Waals surface area contributed by atoms with E-state index < -0.39 is 11.2 Å². The number of nitrogens with two attached hydrogens (primary N) is 1. The number of pyridine rings is 1. The van der Waals surface area contributed by atoms with E-state index in [1.165, 1.54) is 0 Å². The first-order valence-electron chi connectivity index (χ1n) is 4.82.